The number of anilines is 1. The van der Waals surface area contributed by atoms with Crippen molar-refractivity contribution in [3.63, 3.8) is 0 Å². The van der Waals surface area contributed by atoms with E-state index in [1.165, 1.54) is 19.1 Å². The van der Waals surface area contributed by atoms with Crippen molar-refractivity contribution in [3.8, 4) is 5.75 Å². The Kier molecular flexibility index (Phi) is 4.64. The highest BCUT2D eigenvalue weighted by Gasteiger charge is 2.31. The number of nitrogens with two attached hydrogens (primary N) is 1. The lowest BCUT2D eigenvalue weighted by atomic mass is 10.1. The number of hydrogen-bond donors (Lipinski definition) is 1. The van der Waals surface area contributed by atoms with Crippen molar-refractivity contribution < 1.29 is 23.8 Å². The first-order valence-corrected chi connectivity index (χ1v) is 6.49. The van der Waals surface area contributed by atoms with Crippen LogP contribution >= 0.6 is 0 Å². The summed E-state index contributed by atoms with van der Waals surface area (Å²) in [5.41, 5.74) is 6.56. The smallest absolute Gasteiger partial charge is 0.336 e. The van der Waals surface area contributed by atoms with Crippen LogP contribution in [-0.4, -0.2) is 56.8 Å². The molecular formula is C14H18N2O5. The predicted molar refractivity (Wildman–Crippen MR) is 75.1 cm³/mol. The largest absolute Gasteiger partial charge is 0.497 e. The number of carbonyl (C=O) groups excluding carboxylic acids is 2. The Hall–Kier alpha value is -2.28. The standard InChI is InChI=1S/C14H18N2O5/c1-19-9-3-4-11(15)10(7-9)13(17)16-5-6-21-12(8-16)14(18)20-2/h3-4,7,12H,5-6,8,15H2,1-2H3. The number of hydrogen-bond acceptors (Lipinski definition) is 6. The van der Waals surface area contributed by atoms with Crippen LogP contribution in [0.1, 0.15) is 10.4 Å². The third kappa shape index (κ3) is 3.25. The first kappa shape index (κ1) is 15.1. The molecule has 0 radical (unpaired) electrons. The quantitative estimate of drug-likeness (QED) is 0.636. The number of nitrogens with zero attached hydrogens (tertiary/aromatic N) is 1. The molecule has 1 aromatic carbocycles. The summed E-state index contributed by atoms with van der Waals surface area (Å²) >= 11 is 0. The monoisotopic (exact) mass is 294 g/mol. The number of carbonyl (C=O) groups is 2. The van der Waals surface area contributed by atoms with Gasteiger partial charge in [-0.3, -0.25) is 4.79 Å². The second kappa shape index (κ2) is 6.45. The van der Waals surface area contributed by atoms with Gasteiger partial charge in [-0.1, -0.05) is 0 Å². The topological polar surface area (TPSA) is 91.1 Å². The lowest BCUT2D eigenvalue weighted by molar-refractivity contribution is -0.158. The highest BCUT2D eigenvalue weighted by atomic mass is 16.6. The zero-order chi connectivity index (χ0) is 15.4. The summed E-state index contributed by atoms with van der Waals surface area (Å²) in [6.45, 7) is 0.806. The first-order chi connectivity index (χ1) is 10.1. The highest BCUT2D eigenvalue weighted by molar-refractivity contribution is 5.99. The average Bonchev–Trinajstić information content (AvgIpc) is 2.54. The predicted octanol–water partition coefficient (Wildman–Crippen LogP) is 0.291. The van der Waals surface area contributed by atoms with Gasteiger partial charge in [-0.15, -0.1) is 0 Å². The molecule has 1 aliphatic rings. The van der Waals surface area contributed by atoms with Gasteiger partial charge in [-0.05, 0) is 18.2 Å². The number of rotatable bonds is 3. The van der Waals surface area contributed by atoms with Crippen LogP contribution < -0.4 is 10.5 Å². The summed E-state index contributed by atoms with van der Waals surface area (Å²) in [4.78, 5) is 25.6. The molecule has 0 spiro atoms. The molecule has 0 bridgehead atoms. The van der Waals surface area contributed by atoms with Crippen LogP contribution in [0.25, 0.3) is 0 Å². The maximum absolute atomic E-state index is 12.5. The molecule has 0 aromatic heterocycles. The Morgan fingerprint density at radius 3 is 2.81 bits per heavy atom. The molecule has 2 N–H and O–H groups in total. The number of nitrogen functional groups attached to an aromatic ring is 1. The van der Waals surface area contributed by atoms with Gasteiger partial charge in [0.1, 0.15) is 5.75 Å². The van der Waals surface area contributed by atoms with Gasteiger partial charge in [0.25, 0.3) is 5.91 Å². The summed E-state index contributed by atoms with van der Waals surface area (Å²) in [5.74, 6) is -0.208. The number of ether oxygens (including phenoxy) is 3. The fraction of sp³-hybridized carbons (Fsp3) is 0.429. The van der Waals surface area contributed by atoms with Crippen molar-refractivity contribution in [3.05, 3.63) is 23.8 Å². The third-order valence-corrected chi connectivity index (χ3v) is 3.31. The molecule has 1 aliphatic heterocycles. The minimum absolute atomic E-state index is 0.141. The lowest BCUT2D eigenvalue weighted by Crippen LogP contribution is -2.49. The molecule has 1 saturated heterocycles. The van der Waals surface area contributed by atoms with Crippen LogP contribution in [-0.2, 0) is 14.3 Å². The van der Waals surface area contributed by atoms with Gasteiger partial charge in [-0.2, -0.15) is 0 Å². The van der Waals surface area contributed by atoms with Crippen molar-refractivity contribution >= 4 is 17.6 Å². The minimum atomic E-state index is -0.764. The normalized spacial score (nSPS) is 18.2. The summed E-state index contributed by atoms with van der Waals surface area (Å²) in [6, 6.07) is 4.88. The van der Waals surface area contributed by atoms with E-state index in [0.29, 0.717) is 23.5 Å². The average molecular weight is 294 g/mol. The molecule has 1 heterocycles. The number of morpholine rings is 1. The second-order valence-electron chi connectivity index (χ2n) is 4.59. The van der Waals surface area contributed by atoms with Crippen molar-refractivity contribution in [1.82, 2.24) is 4.90 Å². The van der Waals surface area contributed by atoms with Crippen LogP contribution in [0, 0.1) is 0 Å². The van der Waals surface area contributed by atoms with Crippen LogP contribution in [0.15, 0.2) is 18.2 Å². The third-order valence-electron chi connectivity index (χ3n) is 3.31. The molecule has 1 fully saturated rings. The summed E-state index contributed by atoms with van der Waals surface area (Å²) in [7, 11) is 2.80. The molecule has 7 heteroatoms. The zero-order valence-electron chi connectivity index (χ0n) is 12.0. The number of methoxy groups -OCH3 is 2. The van der Waals surface area contributed by atoms with Crippen molar-refractivity contribution in [2.45, 2.75) is 6.10 Å². The van der Waals surface area contributed by atoms with E-state index in [-0.39, 0.29) is 19.1 Å². The molecule has 1 amide bonds. The fourth-order valence-electron chi connectivity index (χ4n) is 2.13. The van der Waals surface area contributed by atoms with E-state index < -0.39 is 12.1 Å². The van der Waals surface area contributed by atoms with Gasteiger partial charge in [0, 0.05) is 12.2 Å². The van der Waals surface area contributed by atoms with Crippen molar-refractivity contribution in [2.24, 2.45) is 0 Å². The van der Waals surface area contributed by atoms with E-state index in [1.807, 2.05) is 0 Å². The molecule has 1 atom stereocenters. The molecule has 114 valence electrons. The zero-order valence-corrected chi connectivity index (χ0v) is 12.0. The van der Waals surface area contributed by atoms with Crippen LogP contribution in [0.3, 0.4) is 0 Å². The summed E-state index contributed by atoms with van der Waals surface area (Å²) < 4.78 is 15.0. The van der Waals surface area contributed by atoms with Gasteiger partial charge in [0.15, 0.2) is 6.10 Å². The Labute approximate surface area is 122 Å². The Balaban J connectivity index is 2.17. The van der Waals surface area contributed by atoms with E-state index in [2.05, 4.69) is 4.74 Å². The number of benzene rings is 1. The van der Waals surface area contributed by atoms with E-state index >= 15 is 0 Å². The molecule has 2 rings (SSSR count). The molecule has 1 aromatic rings. The number of esters is 1. The van der Waals surface area contributed by atoms with Crippen LogP contribution in [0.4, 0.5) is 5.69 Å². The van der Waals surface area contributed by atoms with Crippen LogP contribution in [0.2, 0.25) is 0 Å². The molecule has 0 saturated carbocycles. The van der Waals surface area contributed by atoms with Gasteiger partial charge < -0.3 is 24.8 Å². The first-order valence-electron chi connectivity index (χ1n) is 6.49. The fourth-order valence-corrected chi connectivity index (χ4v) is 2.13. The summed E-state index contributed by atoms with van der Waals surface area (Å²) in [5, 5.41) is 0. The Bertz CT molecular complexity index is 546. The van der Waals surface area contributed by atoms with Gasteiger partial charge in [-0.25, -0.2) is 4.79 Å². The summed E-state index contributed by atoms with van der Waals surface area (Å²) in [6.07, 6.45) is -0.764. The molecule has 0 aliphatic carbocycles. The maximum atomic E-state index is 12.5. The van der Waals surface area contributed by atoms with E-state index in [0.717, 1.165) is 0 Å². The highest BCUT2D eigenvalue weighted by Crippen LogP contribution is 2.22. The Morgan fingerprint density at radius 1 is 1.38 bits per heavy atom. The van der Waals surface area contributed by atoms with Gasteiger partial charge in [0.05, 0.1) is 32.9 Å². The molecule has 7 nitrogen and oxygen atoms in total. The van der Waals surface area contributed by atoms with E-state index in [1.54, 1.807) is 18.2 Å². The van der Waals surface area contributed by atoms with Gasteiger partial charge in [0.2, 0.25) is 0 Å². The maximum Gasteiger partial charge on any atom is 0.336 e. The number of amides is 1. The minimum Gasteiger partial charge on any atom is -0.497 e. The molecule has 21 heavy (non-hydrogen) atoms. The van der Waals surface area contributed by atoms with E-state index in [9.17, 15) is 9.59 Å². The van der Waals surface area contributed by atoms with Crippen molar-refractivity contribution in [1.29, 1.82) is 0 Å². The van der Waals surface area contributed by atoms with E-state index in [4.69, 9.17) is 15.2 Å². The van der Waals surface area contributed by atoms with Gasteiger partial charge >= 0.3 is 5.97 Å². The molecule has 1 unspecified atom stereocenters. The second-order valence-corrected chi connectivity index (χ2v) is 4.59. The SMILES string of the molecule is COC(=O)C1CN(C(=O)c2cc(OC)ccc2N)CCO1. The lowest BCUT2D eigenvalue weighted by Gasteiger charge is -2.31. The molecular weight excluding hydrogens is 276 g/mol. The van der Waals surface area contributed by atoms with Crippen molar-refractivity contribution in [2.75, 3.05) is 39.6 Å². The Morgan fingerprint density at radius 2 is 2.14 bits per heavy atom. The van der Waals surface area contributed by atoms with Crippen LogP contribution in [0.5, 0.6) is 5.75 Å².